The van der Waals surface area contributed by atoms with Crippen molar-refractivity contribution >= 4 is 25.7 Å². The van der Waals surface area contributed by atoms with Gasteiger partial charge in [0.15, 0.2) is 0 Å². The first-order valence-electron chi connectivity index (χ1n) is 13.0. The van der Waals surface area contributed by atoms with E-state index in [2.05, 4.69) is 16.0 Å². The molecule has 0 aliphatic carbocycles. The van der Waals surface area contributed by atoms with Crippen LogP contribution in [0, 0.1) is 0 Å². The van der Waals surface area contributed by atoms with Crippen molar-refractivity contribution in [1.82, 2.24) is 16.0 Å². The molecule has 0 fully saturated rings. The van der Waals surface area contributed by atoms with E-state index in [1.165, 1.54) is 7.11 Å². The minimum absolute atomic E-state index is 0.0674. The second-order valence-corrected chi connectivity index (χ2v) is 10.1. The van der Waals surface area contributed by atoms with E-state index >= 15 is 0 Å². The molecule has 0 saturated carbocycles. The highest BCUT2D eigenvalue weighted by Crippen LogP contribution is 2.36. The second-order valence-electron chi connectivity index (χ2n) is 8.24. The molecule has 0 aromatic rings. The number of hydrogen-bond acceptors (Lipinski definition) is 12. The molecular formula is C23H46N3O13P. The Morgan fingerprint density at radius 2 is 1.40 bits per heavy atom. The molecule has 2 atom stereocenters. The van der Waals surface area contributed by atoms with Crippen LogP contribution in [0.25, 0.3) is 0 Å². The number of methoxy groups -OCH3 is 2. The zero-order valence-electron chi connectivity index (χ0n) is 23.7. The molecule has 0 aliphatic rings. The highest BCUT2D eigenvalue weighted by Gasteiger charge is 2.16. The van der Waals surface area contributed by atoms with Crippen molar-refractivity contribution < 1.29 is 61.5 Å². The van der Waals surface area contributed by atoms with E-state index in [1.807, 2.05) is 0 Å². The van der Waals surface area contributed by atoms with Crippen molar-refractivity contribution in [3.63, 3.8) is 0 Å². The highest BCUT2D eigenvalue weighted by atomic mass is 31.2. The number of carbonyl (C=O) groups excluding carboxylic acids is 3. The zero-order chi connectivity index (χ0) is 29.9. The van der Waals surface area contributed by atoms with Gasteiger partial charge in [-0.15, -0.1) is 0 Å². The molecule has 4 N–H and O–H groups in total. The van der Waals surface area contributed by atoms with Crippen LogP contribution in [-0.2, 0) is 47.0 Å². The van der Waals surface area contributed by atoms with Gasteiger partial charge in [-0.05, 0) is 19.3 Å². The Balaban J connectivity index is 4.31. The third-order valence-electron chi connectivity index (χ3n) is 4.62. The minimum atomic E-state index is -3.48. The number of unbranched alkanes of at least 4 members (excludes halogenated alkanes) is 1. The number of amides is 3. The van der Waals surface area contributed by atoms with Crippen LogP contribution in [0.3, 0.4) is 0 Å². The maximum absolute atomic E-state index is 12.0. The van der Waals surface area contributed by atoms with Crippen LogP contribution in [0.4, 0.5) is 9.59 Å². The van der Waals surface area contributed by atoms with Gasteiger partial charge in [0.2, 0.25) is 5.91 Å². The number of ether oxygens (including phenoxy) is 7. The first kappa shape index (κ1) is 38.0. The van der Waals surface area contributed by atoms with Gasteiger partial charge in [0, 0.05) is 47.0 Å². The van der Waals surface area contributed by atoms with E-state index in [1.54, 1.807) is 7.11 Å². The lowest BCUT2D eigenvalue weighted by Gasteiger charge is -2.18. The summed E-state index contributed by atoms with van der Waals surface area (Å²) in [5.74, 6) is -0.183. The smallest absolute Gasteiger partial charge is 0.409 e. The van der Waals surface area contributed by atoms with E-state index in [4.69, 9.17) is 42.6 Å². The summed E-state index contributed by atoms with van der Waals surface area (Å²) < 4.78 is 51.8. The average molecular weight is 604 g/mol. The number of nitrogens with one attached hydrogen (secondary N) is 3. The van der Waals surface area contributed by atoms with Crippen molar-refractivity contribution in [2.45, 2.75) is 31.8 Å². The van der Waals surface area contributed by atoms with Gasteiger partial charge < -0.3 is 53.2 Å². The molecule has 236 valence electrons. The van der Waals surface area contributed by atoms with Gasteiger partial charge in [-0.2, -0.15) is 0 Å². The summed E-state index contributed by atoms with van der Waals surface area (Å²) in [6.45, 7) is 3.40. The maximum atomic E-state index is 12.0. The third-order valence-corrected chi connectivity index (χ3v) is 5.29. The molecule has 0 aromatic heterocycles. The molecule has 0 heterocycles. The second kappa shape index (κ2) is 25.9. The van der Waals surface area contributed by atoms with Crippen molar-refractivity contribution in [1.29, 1.82) is 0 Å². The van der Waals surface area contributed by atoms with Crippen molar-refractivity contribution in [3.8, 4) is 0 Å². The van der Waals surface area contributed by atoms with Gasteiger partial charge in [0.1, 0.15) is 26.0 Å². The summed E-state index contributed by atoms with van der Waals surface area (Å²) >= 11 is 0. The van der Waals surface area contributed by atoms with Gasteiger partial charge in [-0.1, -0.05) is 0 Å². The van der Waals surface area contributed by atoms with Gasteiger partial charge in [0.05, 0.1) is 39.6 Å². The fourth-order valence-electron chi connectivity index (χ4n) is 2.64. The standard InChI is InChI=1S/C23H46N3O13P/c1-32-13-15-34-12-9-25-22(28)37-17-20(18-38-23(29)26-19-35-16-14-33-2)36-10-6-7-21(27)24-8-4-5-11-39-40(3,30)31/h20H,4-19H2,1-3H3,(H,24,27)(H,25,28)(H,26,29)(H,30,31). The van der Waals surface area contributed by atoms with Crippen molar-refractivity contribution in [2.75, 3.05) is 100 Å². The Bertz CT molecular complexity index is 712. The van der Waals surface area contributed by atoms with Crippen LogP contribution < -0.4 is 16.0 Å². The fraction of sp³-hybridized carbons (Fsp3) is 0.870. The number of carbonyl (C=O) groups is 3. The first-order chi connectivity index (χ1) is 19.2. The highest BCUT2D eigenvalue weighted by molar-refractivity contribution is 7.51. The lowest BCUT2D eigenvalue weighted by Crippen LogP contribution is -2.35. The SMILES string of the molecule is COCCOCCNC(=O)OCC(COC(=O)NCOCCOC)OCCCC(=O)NCCCCOP(C)(=O)O. The molecule has 3 amide bonds. The predicted octanol–water partition coefficient (Wildman–Crippen LogP) is 0.616. The summed E-state index contributed by atoms with van der Waals surface area (Å²) in [7, 11) is -0.394. The van der Waals surface area contributed by atoms with Crippen LogP contribution in [0.2, 0.25) is 0 Å². The Hall–Kier alpha value is -2.04. The molecule has 0 bridgehead atoms. The maximum Gasteiger partial charge on any atom is 0.409 e. The Morgan fingerprint density at radius 3 is 2.05 bits per heavy atom. The monoisotopic (exact) mass is 603 g/mol. The Kier molecular flexibility index (Phi) is 24.6. The Morgan fingerprint density at radius 1 is 0.750 bits per heavy atom. The molecule has 0 saturated heterocycles. The number of alkyl carbamates (subject to hydrolysis) is 2. The molecule has 17 heteroatoms. The molecular weight excluding hydrogens is 557 g/mol. The molecule has 0 rings (SSSR count). The van der Waals surface area contributed by atoms with E-state index in [-0.39, 0.29) is 58.6 Å². The normalized spacial score (nSPS) is 13.2. The summed E-state index contributed by atoms with van der Waals surface area (Å²) in [6, 6.07) is 0. The van der Waals surface area contributed by atoms with Gasteiger partial charge in [-0.3, -0.25) is 14.7 Å². The molecule has 0 aromatic carbocycles. The summed E-state index contributed by atoms with van der Waals surface area (Å²) in [5.41, 5.74) is 0. The van der Waals surface area contributed by atoms with Crippen molar-refractivity contribution in [2.24, 2.45) is 0 Å². The summed E-state index contributed by atoms with van der Waals surface area (Å²) in [4.78, 5) is 44.8. The number of rotatable bonds is 26. The average Bonchev–Trinajstić information content (AvgIpc) is 2.90. The molecule has 16 nitrogen and oxygen atoms in total. The number of hydrogen-bond donors (Lipinski definition) is 4. The van der Waals surface area contributed by atoms with Crippen LogP contribution >= 0.6 is 7.60 Å². The summed E-state index contributed by atoms with van der Waals surface area (Å²) in [5, 5.41) is 7.68. The Labute approximate surface area is 235 Å². The van der Waals surface area contributed by atoms with Gasteiger partial charge in [0.25, 0.3) is 0 Å². The predicted molar refractivity (Wildman–Crippen MR) is 142 cm³/mol. The first-order valence-corrected chi connectivity index (χ1v) is 15.0. The van der Waals surface area contributed by atoms with Crippen LogP contribution in [-0.4, -0.2) is 129 Å². The third kappa shape index (κ3) is 27.5. The lowest BCUT2D eigenvalue weighted by molar-refractivity contribution is -0.121. The molecule has 0 aliphatic heterocycles. The molecule has 0 spiro atoms. The van der Waals surface area contributed by atoms with Crippen LogP contribution in [0.15, 0.2) is 0 Å². The quantitative estimate of drug-likeness (QED) is 0.0610. The zero-order valence-corrected chi connectivity index (χ0v) is 24.6. The van der Waals surface area contributed by atoms with Crippen molar-refractivity contribution in [3.05, 3.63) is 0 Å². The van der Waals surface area contributed by atoms with Gasteiger partial charge in [-0.25, -0.2) is 9.59 Å². The molecule has 40 heavy (non-hydrogen) atoms. The van der Waals surface area contributed by atoms with E-state index < -0.39 is 25.9 Å². The largest absolute Gasteiger partial charge is 0.447 e. The lowest BCUT2D eigenvalue weighted by atomic mass is 10.3. The summed E-state index contributed by atoms with van der Waals surface area (Å²) in [6.07, 6.45) is -0.508. The molecule has 0 radical (unpaired) electrons. The van der Waals surface area contributed by atoms with Crippen LogP contribution in [0.1, 0.15) is 25.7 Å². The minimum Gasteiger partial charge on any atom is -0.447 e. The van der Waals surface area contributed by atoms with E-state index in [0.717, 1.165) is 6.66 Å². The van der Waals surface area contributed by atoms with Crippen LogP contribution in [0.5, 0.6) is 0 Å². The molecule has 2 unspecified atom stereocenters. The van der Waals surface area contributed by atoms with Gasteiger partial charge >= 0.3 is 19.8 Å². The van der Waals surface area contributed by atoms with E-state index in [9.17, 15) is 18.9 Å². The topological polar surface area (TPSA) is 198 Å². The van der Waals surface area contributed by atoms with E-state index in [0.29, 0.717) is 52.2 Å². The fourth-order valence-corrected chi connectivity index (χ4v) is 3.11.